The number of rotatable bonds is 3. The minimum atomic E-state index is 0.253. The van der Waals surface area contributed by atoms with Crippen LogP contribution in [-0.4, -0.2) is 7.05 Å². The zero-order valence-electron chi connectivity index (χ0n) is 9.33. The van der Waals surface area contributed by atoms with Gasteiger partial charge < -0.3 is 5.32 Å². The molecule has 0 aliphatic rings. The molecule has 16 heavy (non-hydrogen) atoms. The van der Waals surface area contributed by atoms with E-state index in [0.717, 1.165) is 5.02 Å². The lowest BCUT2D eigenvalue weighted by Crippen LogP contribution is -2.17. The van der Waals surface area contributed by atoms with E-state index in [-0.39, 0.29) is 6.04 Å². The molecule has 0 spiro atoms. The van der Waals surface area contributed by atoms with Crippen molar-refractivity contribution in [3.05, 3.63) is 56.7 Å². The summed E-state index contributed by atoms with van der Waals surface area (Å²) >= 11 is 7.68. The highest BCUT2D eigenvalue weighted by Crippen LogP contribution is 2.28. The first-order valence-electron chi connectivity index (χ1n) is 5.19. The number of thiophene rings is 1. The summed E-state index contributed by atoms with van der Waals surface area (Å²) in [5, 5.41) is 6.25. The Kier molecular flexibility index (Phi) is 3.64. The quantitative estimate of drug-likeness (QED) is 0.869. The van der Waals surface area contributed by atoms with Gasteiger partial charge in [0.1, 0.15) is 0 Å². The first-order valence-corrected chi connectivity index (χ1v) is 6.45. The highest BCUT2D eigenvalue weighted by molar-refractivity contribution is 7.10. The number of halogens is 1. The molecular formula is C13H14ClNS. The van der Waals surface area contributed by atoms with Gasteiger partial charge in [0, 0.05) is 9.90 Å². The van der Waals surface area contributed by atoms with E-state index in [1.165, 1.54) is 16.0 Å². The van der Waals surface area contributed by atoms with Gasteiger partial charge in [-0.15, -0.1) is 11.3 Å². The monoisotopic (exact) mass is 251 g/mol. The lowest BCUT2D eigenvalue weighted by molar-refractivity contribution is 0.691. The Morgan fingerprint density at radius 1 is 1.19 bits per heavy atom. The topological polar surface area (TPSA) is 12.0 Å². The molecule has 0 radical (unpaired) electrons. The van der Waals surface area contributed by atoms with Gasteiger partial charge in [-0.3, -0.25) is 0 Å². The van der Waals surface area contributed by atoms with Crippen molar-refractivity contribution in [2.75, 3.05) is 7.05 Å². The fourth-order valence-electron chi connectivity index (χ4n) is 1.85. The van der Waals surface area contributed by atoms with Gasteiger partial charge in [0.15, 0.2) is 0 Å². The van der Waals surface area contributed by atoms with Crippen LogP contribution >= 0.6 is 22.9 Å². The Balaban J connectivity index is 2.37. The number of aryl methyl sites for hydroxylation is 1. The first-order chi connectivity index (χ1) is 7.72. The zero-order chi connectivity index (χ0) is 11.5. The summed E-state index contributed by atoms with van der Waals surface area (Å²) in [6, 6.07) is 10.4. The Morgan fingerprint density at radius 3 is 2.38 bits per heavy atom. The lowest BCUT2D eigenvalue weighted by Gasteiger charge is -2.16. The summed E-state index contributed by atoms with van der Waals surface area (Å²) in [6.45, 7) is 2.15. The summed E-state index contributed by atoms with van der Waals surface area (Å²) in [5.74, 6) is 0. The van der Waals surface area contributed by atoms with Gasteiger partial charge >= 0.3 is 0 Å². The first kappa shape index (κ1) is 11.6. The van der Waals surface area contributed by atoms with Crippen molar-refractivity contribution >= 4 is 22.9 Å². The molecule has 0 aliphatic heterocycles. The molecule has 0 fully saturated rings. The third kappa shape index (κ3) is 2.29. The molecule has 3 heteroatoms. The van der Waals surface area contributed by atoms with Crippen LogP contribution in [0.5, 0.6) is 0 Å². The number of nitrogens with one attached hydrogen (secondary N) is 1. The fraction of sp³-hybridized carbons (Fsp3) is 0.231. The molecule has 1 unspecified atom stereocenters. The van der Waals surface area contributed by atoms with Crippen LogP contribution in [0, 0.1) is 6.92 Å². The predicted octanol–water partition coefficient (Wildman–Crippen LogP) is 4.02. The molecular weight excluding hydrogens is 238 g/mol. The van der Waals surface area contributed by atoms with Gasteiger partial charge in [0.2, 0.25) is 0 Å². The van der Waals surface area contributed by atoms with Crippen LogP contribution in [0.25, 0.3) is 0 Å². The molecule has 1 aromatic heterocycles. The molecule has 0 saturated heterocycles. The third-order valence-electron chi connectivity index (χ3n) is 2.70. The maximum atomic E-state index is 5.90. The van der Waals surface area contributed by atoms with E-state index in [0.29, 0.717) is 0 Å². The fourth-order valence-corrected chi connectivity index (χ4v) is 2.72. The molecule has 1 aromatic carbocycles. The molecule has 2 rings (SSSR count). The highest BCUT2D eigenvalue weighted by Gasteiger charge is 2.14. The largest absolute Gasteiger partial charge is 0.309 e. The summed E-state index contributed by atoms with van der Waals surface area (Å²) in [5.41, 5.74) is 2.59. The predicted molar refractivity (Wildman–Crippen MR) is 71.4 cm³/mol. The summed E-state index contributed by atoms with van der Waals surface area (Å²) in [6.07, 6.45) is 0. The Bertz CT molecular complexity index is 461. The van der Waals surface area contributed by atoms with Crippen LogP contribution in [0.15, 0.2) is 35.7 Å². The third-order valence-corrected chi connectivity index (χ3v) is 3.82. The van der Waals surface area contributed by atoms with Crippen molar-refractivity contribution in [3.63, 3.8) is 0 Å². The highest BCUT2D eigenvalue weighted by atomic mass is 35.5. The molecule has 1 nitrogen and oxygen atoms in total. The van der Waals surface area contributed by atoms with Gasteiger partial charge in [-0.05, 0) is 48.7 Å². The van der Waals surface area contributed by atoms with Crippen molar-refractivity contribution < 1.29 is 0 Å². The van der Waals surface area contributed by atoms with E-state index >= 15 is 0 Å². The Morgan fingerprint density at radius 2 is 1.88 bits per heavy atom. The smallest absolute Gasteiger partial charge is 0.0585 e. The summed E-state index contributed by atoms with van der Waals surface area (Å²) in [4.78, 5) is 1.36. The van der Waals surface area contributed by atoms with Gasteiger partial charge in [-0.2, -0.15) is 0 Å². The van der Waals surface area contributed by atoms with Gasteiger partial charge in [0.25, 0.3) is 0 Å². The molecule has 2 aromatic rings. The molecule has 0 aliphatic carbocycles. The normalized spacial score (nSPS) is 12.7. The molecule has 84 valence electrons. The second-order valence-corrected chi connectivity index (χ2v) is 5.26. The van der Waals surface area contributed by atoms with Gasteiger partial charge in [-0.25, -0.2) is 0 Å². The van der Waals surface area contributed by atoms with Gasteiger partial charge in [0.05, 0.1) is 6.04 Å². The van der Waals surface area contributed by atoms with Gasteiger partial charge in [-0.1, -0.05) is 23.7 Å². The number of benzene rings is 1. The van der Waals surface area contributed by atoms with E-state index < -0.39 is 0 Å². The van der Waals surface area contributed by atoms with Crippen molar-refractivity contribution in [1.82, 2.24) is 5.32 Å². The van der Waals surface area contributed by atoms with Crippen molar-refractivity contribution in [3.8, 4) is 0 Å². The SMILES string of the molecule is CNC(c1ccc(Cl)cc1)c1ccsc1C. The van der Waals surface area contributed by atoms with E-state index in [4.69, 9.17) is 11.6 Å². The van der Waals surface area contributed by atoms with Crippen LogP contribution in [0.2, 0.25) is 5.02 Å². The summed E-state index contributed by atoms with van der Waals surface area (Å²) in [7, 11) is 1.98. The Hall–Kier alpha value is -0.830. The number of hydrogen-bond acceptors (Lipinski definition) is 2. The molecule has 1 atom stereocenters. The average Bonchev–Trinajstić information content (AvgIpc) is 2.69. The molecule has 0 saturated carbocycles. The van der Waals surface area contributed by atoms with E-state index in [9.17, 15) is 0 Å². The zero-order valence-corrected chi connectivity index (χ0v) is 10.9. The standard InChI is InChI=1S/C13H14ClNS/c1-9-12(7-8-16-9)13(15-2)10-3-5-11(14)6-4-10/h3-8,13,15H,1-2H3. The van der Waals surface area contributed by atoms with Crippen LogP contribution in [0.4, 0.5) is 0 Å². The summed E-state index contributed by atoms with van der Waals surface area (Å²) < 4.78 is 0. The maximum Gasteiger partial charge on any atom is 0.0585 e. The molecule has 1 heterocycles. The van der Waals surface area contributed by atoms with E-state index in [1.807, 2.05) is 19.2 Å². The average molecular weight is 252 g/mol. The molecule has 0 bridgehead atoms. The second kappa shape index (κ2) is 5.00. The molecule has 1 N–H and O–H groups in total. The van der Waals surface area contributed by atoms with Crippen molar-refractivity contribution in [2.24, 2.45) is 0 Å². The van der Waals surface area contributed by atoms with E-state index in [2.05, 4.69) is 35.8 Å². The molecule has 0 amide bonds. The van der Waals surface area contributed by atoms with Crippen LogP contribution < -0.4 is 5.32 Å². The van der Waals surface area contributed by atoms with Crippen molar-refractivity contribution in [1.29, 1.82) is 0 Å². The van der Waals surface area contributed by atoms with Crippen LogP contribution in [0.3, 0.4) is 0 Å². The second-order valence-electron chi connectivity index (χ2n) is 3.71. The lowest BCUT2D eigenvalue weighted by atomic mass is 10.00. The minimum absolute atomic E-state index is 0.253. The minimum Gasteiger partial charge on any atom is -0.309 e. The van der Waals surface area contributed by atoms with Crippen LogP contribution in [-0.2, 0) is 0 Å². The van der Waals surface area contributed by atoms with Crippen LogP contribution in [0.1, 0.15) is 22.0 Å². The van der Waals surface area contributed by atoms with Crippen molar-refractivity contribution in [2.45, 2.75) is 13.0 Å². The number of hydrogen-bond donors (Lipinski definition) is 1. The maximum absolute atomic E-state index is 5.90. The Labute approximate surface area is 105 Å². The van der Waals surface area contributed by atoms with E-state index in [1.54, 1.807) is 11.3 Å².